The molecule has 1 aliphatic heterocycles. The van der Waals surface area contributed by atoms with Crippen molar-refractivity contribution in [2.45, 2.75) is 122 Å². The molecule has 4 unspecified atom stereocenters. The number of aliphatic hydroxyl groups is 1. The van der Waals surface area contributed by atoms with Gasteiger partial charge in [0.15, 0.2) is 0 Å². The predicted molar refractivity (Wildman–Crippen MR) is 147 cm³/mol. The second-order valence-corrected chi connectivity index (χ2v) is 11.7. The number of methoxy groups -OCH3 is 1. The lowest BCUT2D eigenvalue weighted by molar-refractivity contribution is -0.228. The third-order valence-corrected chi connectivity index (χ3v) is 7.77. The quantitative estimate of drug-likeness (QED) is 0.101. The average Bonchev–Trinajstić information content (AvgIpc) is 3.25. The lowest BCUT2D eigenvalue weighted by Crippen LogP contribution is -2.29. The van der Waals surface area contributed by atoms with Crippen LogP contribution in [0.3, 0.4) is 0 Å². The fourth-order valence-electron chi connectivity index (χ4n) is 4.59. The number of ether oxygens (including phenoxy) is 2. The van der Waals surface area contributed by atoms with Gasteiger partial charge in [0.25, 0.3) is 7.82 Å². The van der Waals surface area contributed by atoms with Crippen LogP contribution in [0, 0.1) is 0 Å². The summed E-state index contributed by atoms with van der Waals surface area (Å²) in [7, 11) is -2.70. The summed E-state index contributed by atoms with van der Waals surface area (Å²) in [4.78, 5) is 11.9. The summed E-state index contributed by atoms with van der Waals surface area (Å²) in [5, 5.41) is 15.7. The lowest BCUT2D eigenvalue weighted by Gasteiger charge is -2.25. The molecule has 0 aliphatic carbocycles. The highest BCUT2D eigenvalue weighted by atomic mass is 31.2. The number of aliphatic hydroxyl groups excluding tert-OH is 1. The second-order valence-electron chi connectivity index (χ2n) is 10.2. The summed E-state index contributed by atoms with van der Waals surface area (Å²) < 4.78 is 32.9. The molecule has 0 aromatic heterocycles. The molecule has 10 heteroatoms. The van der Waals surface area contributed by atoms with Gasteiger partial charge in [-0.3, -0.25) is 4.57 Å². The Labute approximate surface area is 226 Å². The van der Waals surface area contributed by atoms with E-state index in [0.29, 0.717) is 6.61 Å². The van der Waals surface area contributed by atoms with Gasteiger partial charge in [0.1, 0.15) is 6.10 Å². The van der Waals surface area contributed by atoms with Crippen LogP contribution in [0.5, 0.6) is 0 Å². The molecule has 0 amide bonds. The van der Waals surface area contributed by atoms with E-state index in [1.54, 1.807) is 7.11 Å². The first-order chi connectivity index (χ1) is 18.0. The maximum absolute atomic E-state index is 11.9. The van der Waals surface area contributed by atoms with E-state index in [-0.39, 0.29) is 31.5 Å². The first kappa shape index (κ1) is 34.9. The Hall–Kier alpha value is -0.0900. The Morgan fingerprint density at radius 3 is 1.89 bits per heavy atom. The molecule has 0 saturated carbocycles. The highest BCUT2D eigenvalue weighted by molar-refractivity contribution is 7.45. The molecule has 1 rings (SSSR count). The number of unbranched alkanes of at least 4 members (excludes halogenated alkanes) is 11. The number of phosphoric acid groups is 1. The van der Waals surface area contributed by atoms with Crippen LogP contribution >= 0.6 is 7.82 Å². The molecule has 0 aromatic carbocycles. The van der Waals surface area contributed by atoms with E-state index in [0.717, 1.165) is 71.1 Å². The summed E-state index contributed by atoms with van der Waals surface area (Å²) in [6, 6.07) is 0. The first-order valence-electron chi connectivity index (χ1n) is 14.8. The largest absolute Gasteiger partial charge is 0.756 e. The van der Waals surface area contributed by atoms with E-state index in [1.165, 1.54) is 51.4 Å². The van der Waals surface area contributed by atoms with Gasteiger partial charge in [-0.05, 0) is 65.2 Å². The van der Waals surface area contributed by atoms with Crippen LogP contribution in [0.15, 0.2) is 0 Å². The molecule has 1 saturated heterocycles. The van der Waals surface area contributed by atoms with Gasteiger partial charge in [-0.1, -0.05) is 57.8 Å². The fraction of sp³-hybridized carbons (Fsp3) is 1.00. The van der Waals surface area contributed by atoms with Crippen molar-refractivity contribution < 1.29 is 33.1 Å². The maximum atomic E-state index is 11.9. The molecule has 1 aliphatic rings. The van der Waals surface area contributed by atoms with Gasteiger partial charge in [0.2, 0.25) is 0 Å². The van der Waals surface area contributed by atoms with Crippen molar-refractivity contribution in [3.8, 4) is 0 Å². The maximum Gasteiger partial charge on any atom is 0.267 e. The Morgan fingerprint density at radius 1 is 0.811 bits per heavy atom. The molecule has 222 valence electrons. The van der Waals surface area contributed by atoms with Crippen LogP contribution in [0.2, 0.25) is 0 Å². The summed E-state index contributed by atoms with van der Waals surface area (Å²) in [5.41, 5.74) is 0. The molecular weight excluding hydrogens is 495 g/mol. The molecule has 37 heavy (non-hydrogen) atoms. The minimum atomic E-state index is -4.30. The van der Waals surface area contributed by atoms with Gasteiger partial charge < -0.3 is 39.2 Å². The van der Waals surface area contributed by atoms with Crippen molar-refractivity contribution in [1.82, 2.24) is 10.6 Å². The van der Waals surface area contributed by atoms with E-state index >= 15 is 0 Å². The Bertz CT molecular complexity index is 559. The van der Waals surface area contributed by atoms with Crippen LogP contribution in [-0.4, -0.2) is 76.5 Å². The molecule has 0 spiro atoms. The molecule has 3 N–H and O–H groups in total. The minimum absolute atomic E-state index is 0.0377. The molecule has 0 bridgehead atoms. The highest BCUT2D eigenvalue weighted by Crippen LogP contribution is 2.39. The molecule has 9 nitrogen and oxygen atoms in total. The number of nitrogens with one attached hydrogen (secondary N) is 2. The van der Waals surface area contributed by atoms with Crippen LogP contribution in [0.25, 0.3) is 0 Å². The topological polar surface area (TPSA) is 121 Å². The Morgan fingerprint density at radius 2 is 1.32 bits per heavy atom. The Balaban J connectivity index is 1.78. The van der Waals surface area contributed by atoms with Crippen LogP contribution in [0.1, 0.15) is 103 Å². The monoisotopic (exact) mass is 551 g/mol. The van der Waals surface area contributed by atoms with Crippen LogP contribution in [-0.2, 0) is 23.1 Å². The predicted octanol–water partition coefficient (Wildman–Crippen LogP) is 4.31. The molecule has 4 atom stereocenters. The normalized spacial score (nSPS) is 21.5. The molecule has 1 fully saturated rings. The highest BCUT2D eigenvalue weighted by Gasteiger charge is 2.34. The number of rotatable bonds is 27. The van der Waals surface area contributed by atoms with Crippen LogP contribution < -0.4 is 15.5 Å². The van der Waals surface area contributed by atoms with Crippen molar-refractivity contribution in [3.05, 3.63) is 0 Å². The number of hydrogen-bond donors (Lipinski definition) is 3. The van der Waals surface area contributed by atoms with E-state index in [1.807, 2.05) is 6.92 Å². The zero-order chi connectivity index (χ0) is 27.0. The third-order valence-electron chi connectivity index (χ3n) is 6.80. The van der Waals surface area contributed by atoms with E-state index in [2.05, 4.69) is 10.6 Å². The van der Waals surface area contributed by atoms with Crippen molar-refractivity contribution in [1.29, 1.82) is 0 Å². The van der Waals surface area contributed by atoms with Crippen molar-refractivity contribution >= 4 is 7.82 Å². The zero-order valence-electron chi connectivity index (χ0n) is 23.6. The molecule has 0 aromatic rings. The van der Waals surface area contributed by atoms with Gasteiger partial charge in [-0.25, -0.2) is 0 Å². The lowest BCUT2D eigenvalue weighted by atomic mass is 10.1. The van der Waals surface area contributed by atoms with Crippen LogP contribution in [0.4, 0.5) is 0 Å². The van der Waals surface area contributed by atoms with Gasteiger partial charge in [0, 0.05) is 20.1 Å². The third kappa shape index (κ3) is 20.5. The smallest absolute Gasteiger partial charge is 0.267 e. The van der Waals surface area contributed by atoms with Crippen molar-refractivity contribution in [3.63, 3.8) is 0 Å². The fourth-order valence-corrected chi connectivity index (χ4v) is 5.34. The number of hydrogen-bond acceptors (Lipinski definition) is 9. The van der Waals surface area contributed by atoms with Gasteiger partial charge in [-0.15, -0.1) is 0 Å². The summed E-state index contributed by atoms with van der Waals surface area (Å²) >= 11 is 0. The average molecular weight is 552 g/mol. The summed E-state index contributed by atoms with van der Waals surface area (Å²) in [5.74, 6) is 0. The molecule has 1 heterocycles. The molecule has 0 radical (unpaired) electrons. The van der Waals surface area contributed by atoms with E-state index in [4.69, 9.17) is 23.6 Å². The van der Waals surface area contributed by atoms with E-state index in [9.17, 15) is 9.46 Å². The second kappa shape index (κ2) is 23.8. The van der Waals surface area contributed by atoms with Gasteiger partial charge in [-0.2, -0.15) is 0 Å². The standard InChI is InChI=1S/C27H57N2O7P/c1-25-23-26(33-2)27(36-25)24-35-37(31,32)34-22-15-11-9-7-5-3-4-6-8-10-12-17-28-19-16-20-29-18-13-14-21-30/h25-30H,3-24H2,1-2H3,(H,31,32)/p-1. The van der Waals surface area contributed by atoms with E-state index < -0.39 is 7.82 Å². The van der Waals surface area contributed by atoms with Crippen molar-refractivity contribution in [2.24, 2.45) is 0 Å². The van der Waals surface area contributed by atoms with Gasteiger partial charge >= 0.3 is 0 Å². The van der Waals surface area contributed by atoms with Crippen molar-refractivity contribution in [2.75, 3.05) is 53.1 Å². The SMILES string of the molecule is COC1CC(C)OC1COP(=O)([O-])OCCCCCCCCCCCCCNCCCNCCCCO. The number of phosphoric ester groups is 1. The molecular formula is C27H56N2O7P-. The van der Waals surface area contributed by atoms with Gasteiger partial charge in [0.05, 0.1) is 25.4 Å². The Kier molecular flexibility index (Phi) is 22.4. The summed E-state index contributed by atoms with van der Waals surface area (Å²) in [6.07, 6.45) is 16.4. The summed E-state index contributed by atoms with van der Waals surface area (Å²) in [6.45, 7) is 6.59. The first-order valence-corrected chi connectivity index (χ1v) is 16.2. The minimum Gasteiger partial charge on any atom is -0.756 e. The zero-order valence-corrected chi connectivity index (χ0v) is 24.5.